The Morgan fingerprint density at radius 1 is 1.40 bits per heavy atom. The molecule has 1 aliphatic rings. The topological polar surface area (TPSA) is 76.2 Å². The van der Waals surface area contributed by atoms with Crippen molar-refractivity contribution in [2.75, 3.05) is 25.0 Å². The lowest BCUT2D eigenvalue weighted by atomic mass is 10.1. The lowest BCUT2D eigenvalue weighted by molar-refractivity contribution is 0.0957. The standard InChI is InChI=1S/C17H18FN5O2/c1-19-16(24)13-6-8-23(21-13)12-3-2-7-22(10-12)17-20-14-9-11(18)4-5-15(14)25-17/h4-6,8-9,12H,2-3,7,10H2,1H3,(H,19,24)/t12-/m1/s1. The molecule has 1 aliphatic heterocycles. The summed E-state index contributed by atoms with van der Waals surface area (Å²) in [5, 5.41) is 6.94. The summed E-state index contributed by atoms with van der Waals surface area (Å²) >= 11 is 0. The van der Waals surface area contributed by atoms with Gasteiger partial charge in [0, 0.05) is 32.4 Å². The smallest absolute Gasteiger partial charge is 0.298 e. The molecule has 0 radical (unpaired) electrons. The molecular weight excluding hydrogens is 325 g/mol. The van der Waals surface area contributed by atoms with E-state index >= 15 is 0 Å². The molecule has 25 heavy (non-hydrogen) atoms. The third kappa shape index (κ3) is 2.95. The number of hydrogen-bond donors (Lipinski definition) is 1. The van der Waals surface area contributed by atoms with E-state index in [2.05, 4.69) is 15.4 Å². The van der Waals surface area contributed by atoms with Crippen LogP contribution in [0.2, 0.25) is 0 Å². The lowest BCUT2D eigenvalue weighted by Crippen LogP contribution is -2.37. The number of carbonyl (C=O) groups excluding carboxylic acids is 1. The molecule has 0 unspecified atom stereocenters. The van der Waals surface area contributed by atoms with Gasteiger partial charge in [-0.3, -0.25) is 9.48 Å². The number of oxazole rings is 1. The minimum absolute atomic E-state index is 0.124. The first kappa shape index (κ1) is 15.6. The first-order chi connectivity index (χ1) is 12.1. The van der Waals surface area contributed by atoms with Crippen molar-refractivity contribution in [3.8, 4) is 0 Å². The maximum atomic E-state index is 13.3. The highest BCUT2D eigenvalue weighted by Gasteiger charge is 2.25. The first-order valence-electron chi connectivity index (χ1n) is 8.22. The van der Waals surface area contributed by atoms with E-state index in [0.717, 1.165) is 19.4 Å². The van der Waals surface area contributed by atoms with Crippen molar-refractivity contribution in [2.45, 2.75) is 18.9 Å². The van der Waals surface area contributed by atoms with E-state index in [1.807, 2.05) is 15.8 Å². The van der Waals surface area contributed by atoms with E-state index in [0.29, 0.717) is 29.4 Å². The van der Waals surface area contributed by atoms with Gasteiger partial charge in [-0.25, -0.2) is 4.39 Å². The Balaban J connectivity index is 1.55. The second-order valence-corrected chi connectivity index (χ2v) is 6.11. The summed E-state index contributed by atoms with van der Waals surface area (Å²) in [6, 6.07) is 6.64. The number of amides is 1. The van der Waals surface area contributed by atoms with Crippen LogP contribution < -0.4 is 10.2 Å². The van der Waals surface area contributed by atoms with Crippen LogP contribution >= 0.6 is 0 Å². The maximum absolute atomic E-state index is 13.3. The Labute approximate surface area is 143 Å². The minimum atomic E-state index is -0.331. The summed E-state index contributed by atoms with van der Waals surface area (Å²) < 4.78 is 20.9. The largest absolute Gasteiger partial charge is 0.423 e. The number of aromatic nitrogens is 3. The van der Waals surface area contributed by atoms with Crippen LogP contribution in [0.3, 0.4) is 0 Å². The van der Waals surface area contributed by atoms with Gasteiger partial charge in [0.15, 0.2) is 5.58 Å². The van der Waals surface area contributed by atoms with E-state index in [-0.39, 0.29) is 17.8 Å². The first-order valence-corrected chi connectivity index (χ1v) is 8.22. The zero-order valence-corrected chi connectivity index (χ0v) is 13.8. The second-order valence-electron chi connectivity index (χ2n) is 6.11. The molecule has 0 aliphatic carbocycles. The Bertz CT molecular complexity index is 919. The van der Waals surface area contributed by atoms with E-state index in [1.54, 1.807) is 19.2 Å². The molecule has 7 nitrogen and oxygen atoms in total. The summed E-state index contributed by atoms with van der Waals surface area (Å²) in [7, 11) is 1.58. The van der Waals surface area contributed by atoms with E-state index < -0.39 is 0 Å². The predicted molar refractivity (Wildman–Crippen MR) is 90.1 cm³/mol. The van der Waals surface area contributed by atoms with Crippen molar-refractivity contribution in [1.82, 2.24) is 20.1 Å². The highest BCUT2D eigenvalue weighted by molar-refractivity contribution is 5.91. The van der Waals surface area contributed by atoms with Gasteiger partial charge in [0.25, 0.3) is 11.9 Å². The molecule has 130 valence electrons. The molecule has 1 fully saturated rings. The van der Waals surface area contributed by atoms with Crippen LogP contribution in [0.5, 0.6) is 0 Å². The van der Waals surface area contributed by atoms with Crippen LogP contribution in [0.4, 0.5) is 10.4 Å². The summed E-state index contributed by atoms with van der Waals surface area (Å²) in [5.41, 5.74) is 1.48. The van der Waals surface area contributed by atoms with Gasteiger partial charge in [0.2, 0.25) is 0 Å². The molecule has 1 aromatic carbocycles. The van der Waals surface area contributed by atoms with E-state index in [9.17, 15) is 9.18 Å². The zero-order chi connectivity index (χ0) is 17.4. The van der Waals surface area contributed by atoms with Gasteiger partial charge in [0.1, 0.15) is 17.0 Å². The Hall–Kier alpha value is -2.90. The molecule has 2 aromatic heterocycles. The fourth-order valence-electron chi connectivity index (χ4n) is 3.16. The number of nitrogens with one attached hydrogen (secondary N) is 1. The molecule has 8 heteroatoms. The molecule has 0 saturated carbocycles. The van der Waals surface area contributed by atoms with Crippen molar-refractivity contribution in [3.05, 3.63) is 42.0 Å². The van der Waals surface area contributed by atoms with Crippen molar-refractivity contribution in [1.29, 1.82) is 0 Å². The number of rotatable bonds is 3. The van der Waals surface area contributed by atoms with Crippen molar-refractivity contribution < 1.29 is 13.6 Å². The van der Waals surface area contributed by atoms with Gasteiger partial charge in [0.05, 0.1) is 6.04 Å². The third-order valence-electron chi connectivity index (χ3n) is 4.45. The predicted octanol–water partition coefficient (Wildman–Crippen LogP) is 2.36. The molecule has 4 rings (SSSR count). The summed E-state index contributed by atoms with van der Waals surface area (Å²) in [6.45, 7) is 1.49. The Morgan fingerprint density at radius 3 is 3.12 bits per heavy atom. The normalized spacial score (nSPS) is 17.8. The minimum Gasteiger partial charge on any atom is -0.423 e. The number of nitrogens with zero attached hydrogens (tertiary/aromatic N) is 4. The molecule has 1 amide bonds. The molecule has 1 N–H and O–H groups in total. The molecular formula is C17H18FN5O2. The van der Waals surface area contributed by atoms with Gasteiger partial charge in [-0.1, -0.05) is 0 Å². The maximum Gasteiger partial charge on any atom is 0.298 e. The van der Waals surface area contributed by atoms with E-state index in [4.69, 9.17) is 4.42 Å². The quantitative estimate of drug-likeness (QED) is 0.790. The van der Waals surface area contributed by atoms with Gasteiger partial charge in [-0.15, -0.1) is 0 Å². The number of fused-ring (bicyclic) bond motifs is 1. The Morgan fingerprint density at radius 2 is 2.28 bits per heavy atom. The van der Waals surface area contributed by atoms with Crippen LogP contribution in [0, 0.1) is 5.82 Å². The van der Waals surface area contributed by atoms with Gasteiger partial charge < -0.3 is 14.6 Å². The summed E-state index contributed by atoms with van der Waals surface area (Å²) in [4.78, 5) is 18.1. The van der Waals surface area contributed by atoms with Gasteiger partial charge >= 0.3 is 0 Å². The molecule has 3 heterocycles. The number of piperidine rings is 1. The number of halogens is 1. The van der Waals surface area contributed by atoms with Crippen molar-refractivity contribution >= 4 is 23.0 Å². The monoisotopic (exact) mass is 343 g/mol. The molecule has 0 bridgehead atoms. The lowest BCUT2D eigenvalue weighted by Gasteiger charge is -2.31. The highest BCUT2D eigenvalue weighted by Crippen LogP contribution is 2.28. The number of anilines is 1. The number of carbonyl (C=O) groups is 1. The van der Waals surface area contributed by atoms with Crippen LogP contribution in [0.1, 0.15) is 29.4 Å². The fraction of sp³-hybridized carbons (Fsp3) is 0.353. The van der Waals surface area contributed by atoms with Crippen LogP contribution in [0.25, 0.3) is 11.1 Å². The number of benzene rings is 1. The van der Waals surface area contributed by atoms with Gasteiger partial charge in [-0.2, -0.15) is 10.1 Å². The molecule has 1 saturated heterocycles. The fourth-order valence-corrected chi connectivity index (χ4v) is 3.16. The third-order valence-corrected chi connectivity index (χ3v) is 4.45. The van der Waals surface area contributed by atoms with Crippen molar-refractivity contribution in [2.24, 2.45) is 0 Å². The SMILES string of the molecule is CNC(=O)c1ccn([C@@H]2CCCN(c3nc4cc(F)ccc4o3)C2)n1. The van der Waals surface area contributed by atoms with Crippen LogP contribution in [0.15, 0.2) is 34.9 Å². The van der Waals surface area contributed by atoms with E-state index in [1.165, 1.54) is 12.1 Å². The summed E-state index contributed by atoms with van der Waals surface area (Å²) in [5.74, 6) is -0.533. The van der Waals surface area contributed by atoms with Crippen molar-refractivity contribution in [3.63, 3.8) is 0 Å². The molecule has 1 atom stereocenters. The van der Waals surface area contributed by atoms with Gasteiger partial charge in [-0.05, 0) is 31.0 Å². The number of hydrogen-bond acceptors (Lipinski definition) is 5. The second kappa shape index (κ2) is 6.19. The van der Waals surface area contributed by atoms with Crippen LogP contribution in [-0.4, -0.2) is 40.8 Å². The van der Waals surface area contributed by atoms with Crippen LogP contribution in [-0.2, 0) is 0 Å². The average Bonchev–Trinajstić information content (AvgIpc) is 3.28. The Kier molecular flexibility index (Phi) is 3.87. The summed E-state index contributed by atoms with van der Waals surface area (Å²) in [6.07, 6.45) is 3.73. The molecule has 3 aromatic rings. The highest BCUT2D eigenvalue weighted by atomic mass is 19.1. The molecule has 0 spiro atoms. The average molecular weight is 343 g/mol. The zero-order valence-electron chi connectivity index (χ0n) is 13.8.